The number of nitrogens with one attached hydrogen (secondary N) is 1. The molecular formula is C18H27N. The molecule has 0 spiro atoms. The SMILES string of the molecule is CNCC(Cc1ccc2c(c1)CCC2)C1CCCC1. The molecule has 0 heterocycles. The molecule has 19 heavy (non-hydrogen) atoms. The molecular weight excluding hydrogens is 230 g/mol. The molecule has 0 radical (unpaired) electrons. The summed E-state index contributed by atoms with van der Waals surface area (Å²) in [6.07, 6.45) is 11.1. The van der Waals surface area contributed by atoms with E-state index < -0.39 is 0 Å². The Kier molecular flexibility index (Phi) is 4.22. The summed E-state index contributed by atoms with van der Waals surface area (Å²) in [6, 6.07) is 7.28. The second-order valence-electron chi connectivity index (χ2n) is 6.52. The van der Waals surface area contributed by atoms with Gasteiger partial charge in [0.25, 0.3) is 0 Å². The van der Waals surface area contributed by atoms with Crippen LogP contribution in [0.15, 0.2) is 18.2 Å². The summed E-state index contributed by atoms with van der Waals surface area (Å²) < 4.78 is 0. The van der Waals surface area contributed by atoms with Crippen molar-refractivity contribution in [3.8, 4) is 0 Å². The molecule has 1 saturated carbocycles. The standard InChI is InChI=1S/C18H27N/c1-19-13-18(15-5-2-3-6-15)12-14-9-10-16-7-4-8-17(16)11-14/h9-11,15,18-19H,2-8,12-13H2,1H3. The third-order valence-corrected chi connectivity index (χ3v) is 5.19. The van der Waals surface area contributed by atoms with E-state index in [1.807, 2.05) is 0 Å². The lowest BCUT2D eigenvalue weighted by atomic mass is 9.85. The average Bonchev–Trinajstić information content (AvgIpc) is 3.09. The van der Waals surface area contributed by atoms with E-state index in [0.29, 0.717) is 0 Å². The minimum absolute atomic E-state index is 0.840. The molecule has 3 rings (SSSR count). The summed E-state index contributed by atoms with van der Waals surface area (Å²) in [5, 5.41) is 3.42. The molecule has 104 valence electrons. The Labute approximate surface area is 117 Å². The van der Waals surface area contributed by atoms with Crippen LogP contribution in [0.2, 0.25) is 0 Å². The molecule has 0 aliphatic heterocycles. The van der Waals surface area contributed by atoms with Crippen LogP contribution >= 0.6 is 0 Å². The number of rotatable bonds is 5. The number of benzene rings is 1. The summed E-state index contributed by atoms with van der Waals surface area (Å²) in [5.41, 5.74) is 4.81. The third-order valence-electron chi connectivity index (χ3n) is 5.19. The zero-order chi connectivity index (χ0) is 13.1. The lowest BCUT2D eigenvalue weighted by Crippen LogP contribution is -2.26. The maximum atomic E-state index is 3.42. The van der Waals surface area contributed by atoms with Gasteiger partial charge in [0.15, 0.2) is 0 Å². The zero-order valence-electron chi connectivity index (χ0n) is 12.3. The van der Waals surface area contributed by atoms with Gasteiger partial charge in [-0.2, -0.15) is 0 Å². The van der Waals surface area contributed by atoms with Gasteiger partial charge in [0.05, 0.1) is 0 Å². The molecule has 1 heteroatoms. The van der Waals surface area contributed by atoms with Crippen molar-refractivity contribution in [1.82, 2.24) is 5.32 Å². The Morgan fingerprint density at radius 2 is 1.89 bits per heavy atom. The summed E-state index contributed by atoms with van der Waals surface area (Å²) in [4.78, 5) is 0. The molecule has 1 N–H and O–H groups in total. The fourth-order valence-electron chi connectivity index (χ4n) is 4.15. The maximum Gasteiger partial charge on any atom is -0.00177 e. The van der Waals surface area contributed by atoms with Gasteiger partial charge in [0.2, 0.25) is 0 Å². The molecule has 0 aromatic heterocycles. The van der Waals surface area contributed by atoms with Gasteiger partial charge in [-0.25, -0.2) is 0 Å². The van der Waals surface area contributed by atoms with Crippen molar-refractivity contribution in [2.45, 2.75) is 51.4 Å². The van der Waals surface area contributed by atoms with Crippen molar-refractivity contribution in [2.75, 3.05) is 13.6 Å². The van der Waals surface area contributed by atoms with Crippen LogP contribution in [0.5, 0.6) is 0 Å². The maximum absolute atomic E-state index is 3.42. The summed E-state index contributed by atoms with van der Waals surface area (Å²) in [6.45, 7) is 1.18. The highest BCUT2D eigenvalue weighted by Crippen LogP contribution is 2.33. The second-order valence-corrected chi connectivity index (χ2v) is 6.52. The van der Waals surface area contributed by atoms with Crippen molar-refractivity contribution in [1.29, 1.82) is 0 Å². The van der Waals surface area contributed by atoms with Crippen molar-refractivity contribution in [3.05, 3.63) is 34.9 Å². The van der Waals surface area contributed by atoms with Crippen molar-refractivity contribution < 1.29 is 0 Å². The van der Waals surface area contributed by atoms with Crippen molar-refractivity contribution >= 4 is 0 Å². The fraction of sp³-hybridized carbons (Fsp3) is 0.667. The number of fused-ring (bicyclic) bond motifs is 1. The predicted octanol–water partition coefficient (Wildman–Crippen LogP) is 3.74. The Morgan fingerprint density at radius 3 is 2.68 bits per heavy atom. The van der Waals surface area contributed by atoms with E-state index in [9.17, 15) is 0 Å². The van der Waals surface area contributed by atoms with Crippen LogP contribution in [-0.4, -0.2) is 13.6 Å². The molecule has 0 amide bonds. The van der Waals surface area contributed by atoms with Crippen LogP contribution in [0, 0.1) is 11.8 Å². The van der Waals surface area contributed by atoms with E-state index in [1.54, 1.807) is 16.7 Å². The minimum atomic E-state index is 0.840. The normalized spacial score (nSPS) is 20.7. The van der Waals surface area contributed by atoms with Crippen molar-refractivity contribution in [2.24, 2.45) is 11.8 Å². The lowest BCUT2D eigenvalue weighted by molar-refractivity contribution is 0.328. The first kappa shape index (κ1) is 13.2. The number of hydrogen-bond donors (Lipinski definition) is 1. The van der Waals surface area contributed by atoms with E-state index >= 15 is 0 Å². The zero-order valence-corrected chi connectivity index (χ0v) is 12.3. The van der Waals surface area contributed by atoms with Gasteiger partial charge in [-0.05, 0) is 67.8 Å². The fourth-order valence-corrected chi connectivity index (χ4v) is 4.15. The highest BCUT2D eigenvalue weighted by Gasteiger charge is 2.25. The van der Waals surface area contributed by atoms with Gasteiger partial charge in [-0.15, -0.1) is 0 Å². The summed E-state index contributed by atoms with van der Waals surface area (Å²) in [7, 11) is 2.10. The highest BCUT2D eigenvalue weighted by molar-refractivity contribution is 5.35. The molecule has 1 aromatic carbocycles. The second kappa shape index (κ2) is 6.09. The smallest absolute Gasteiger partial charge is 0.00177 e. The van der Waals surface area contributed by atoms with E-state index in [1.165, 1.54) is 57.9 Å². The molecule has 1 atom stereocenters. The third kappa shape index (κ3) is 3.02. The van der Waals surface area contributed by atoms with Gasteiger partial charge in [-0.1, -0.05) is 43.9 Å². The van der Waals surface area contributed by atoms with Crippen LogP contribution < -0.4 is 5.32 Å². The van der Waals surface area contributed by atoms with Gasteiger partial charge >= 0.3 is 0 Å². The molecule has 0 saturated heterocycles. The molecule has 1 fully saturated rings. The minimum Gasteiger partial charge on any atom is -0.319 e. The van der Waals surface area contributed by atoms with E-state index in [4.69, 9.17) is 0 Å². The topological polar surface area (TPSA) is 12.0 Å². The molecule has 0 bridgehead atoms. The molecule has 2 aliphatic carbocycles. The monoisotopic (exact) mass is 257 g/mol. The molecule has 1 nitrogen and oxygen atoms in total. The Balaban J connectivity index is 1.70. The average molecular weight is 257 g/mol. The first-order chi connectivity index (χ1) is 9.36. The first-order valence-corrected chi connectivity index (χ1v) is 8.12. The predicted molar refractivity (Wildman–Crippen MR) is 81.5 cm³/mol. The van der Waals surface area contributed by atoms with E-state index in [-0.39, 0.29) is 0 Å². The van der Waals surface area contributed by atoms with Crippen LogP contribution in [0.3, 0.4) is 0 Å². The van der Waals surface area contributed by atoms with Crippen LogP contribution in [-0.2, 0) is 19.3 Å². The molecule has 2 aliphatic rings. The molecule has 1 aromatic rings. The summed E-state index contributed by atoms with van der Waals surface area (Å²) >= 11 is 0. The van der Waals surface area contributed by atoms with Gasteiger partial charge in [-0.3, -0.25) is 0 Å². The van der Waals surface area contributed by atoms with E-state index in [2.05, 4.69) is 30.6 Å². The lowest BCUT2D eigenvalue weighted by Gasteiger charge is -2.23. The number of hydrogen-bond acceptors (Lipinski definition) is 1. The first-order valence-electron chi connectivity index (χ1n) is 8.12. The number of aryl methyl sites for hydroxylation is 2. The Bertz CT molecular complexity index is 418. The highest BCUT2D eigenvalue weighted by atomic mass is 14.8. The molecule has 1 unspecified atom stereocenters. The van der Waals surface area contributed by atoms with Crippen LogP contribution in [0.1, 0.15) is 48.8 Å². The van der Waals surface area contributed by atoms with Gasteiger partial charge in [0, 0.05) is 0 Å². The van der Waals surface area contributed by atoms with Gasteiger partial charge < -0.3 is 5.32 Å². The largest absolute Gasteiger partial charge is 0.319 e. The Hall–Kier alpha value is -0.820. The summed E-state index contributed by atoms with van der Waals surface area (Å²) in [5.74, 6) is 1.80. The van der Waals surface area contributed by atoms with Gasteiger partial charge in [0.1, 0.15) is 0 Å². The van der Waals surface area contributed by atoms with Crippen LogP contribution in [0.25, 0.3) is 0 Å². The quantitative estimate of drug-likeness (QED) is 0.847. The van der Waals surface area contributed by atoms with E-state index in [0.717, 1.165) is 11.8 Å². The Morgan fingerprint density at radius 1 is 1.11 bits per heavy atom. The van der Waals surface area contributed by atoms with Crippen molar-refractivity contribution in [3.63, 3.8) is 0 Å². The van der Waals surface area contributed by atoms with Crippen LogP contribution in [0.4, 0.5) is 0 Å².